The number of pyridine rings is 2. The van der Waals surface area contributed by atoms with Crippen LogP contribution in [0.5, 0.6) is 0 Å². The molecule has 2 heterocycles. The Morgan fingerprint density at radius 1 is 0.837 bits per heavy atom. The number of anilines is 2. The third kappa shape index (κ3) is 8.32. The minimum absolute atomic E-state index is 0.219. The number of H-pyrrole nitrogens is 2. The van der Waals surface area contributed by atoms with Crippen LogP contribution in [-0.4, -0.2) is 21.8 Å². The van der Waals surface area contributed by atoms with Gasteiger partial charge in [-0.05, 0) is 87.7 Å². The lowest BCUT2D eigenvalue weighted by Gasteiger charge is -2.10. The maximum atomic E-state index is 12.4. The normalized spacial score (nSPS) is 10.1. The molecule has 0 atom stereocenters. The van der Waals surface area contributed by atoms with Crippen LogP contribution >= 0.6 is 39.1 Å². The molecule has 5 rings (SSSR count). The SMILES string of the molecule is CC.Cc1ccc(C(=O)Nc2cc3cc[nH]c(=O)c3cc2Cl)c(Br)c1.N#CCC(=O)Nc1cc2cc[nH]c(=O)c2cc1Cl. The number of hydrogen-bond donors (Lipinski definition) is 4. The second-order valence-electron chi connectivity index (χ2n) is 8.77. The Hall–Kier alpha value is -4.43. The number of aromatic nitrogens is 2. The van der Waals surface area contributed by atoms with Crippen LogP contribution in [0.2, 0.25) is 10.0 Å². The lowest BCUT2D eigenvalue weighted by atomic mass is 10.1. The van der Waals surface area contributed by atoms with Gasteiger partial charge >= 0.3 is 0 Å². The maximum absolute atomic E-state index is 12.4. The molecule has 0 aliphatic rings. The van der Waals surface area contributed by atoms with E-state index < -0.39 is 5.91 Å². The molecule has 0 aliphatic carbocycles. The van der Waals surface area contributed by atoms with Crippen LogP contribution in [0.1, 0.15) is 36.2 Å². The molecule has 3 aromatic carbocycles. The topological polar surface area (TPSA) is 148 Å². The third-order valence-corrected chi connectivity index (χ3v) is 7.13. The third-order valence-electron chi connectivity index (χ3n) is 5.85. The van der Waals surface area contributed by atoms with Crippen molar-refractivity contribution in [2.75, 3.05) is 10.6 Å². The number of carbonyl (C=O) groups is 2. The van der Waals surface area contributed by atoms with Gasteiger partial charge in [-0.25, -0.2) is 0 Å². The first-order valence-electron chi connectivity index (χ1n) is 12.9. The van der Waals surface area contributed by atoms with E-state index >= 15 is 0 Å². The Kier molecular flexibility index (Phi) is 11.7. The predicted molar refractivity (Wildman–Crippen MR) is 176 cm³/mol. The number of rotatable bonds is 4. The summed E-state index contributed by atoms with van der Waals surface area (Å²) < 4.78 is 0.711. The van der Waals surface area contributed by atoms with E-state index in [0.717, 1.165) is 5.56 Å². The van der Waals surface area contributed by atoms with Crippen molar-refractivity contribution in [3.05, 3.63) is 113 Å². The van der Waals surface area contributed by atoms with Gasteiger partial charge in [0.15, 0.2) is 0 Å². The first-order chi connectivity index (χ1) is 20.6. The van der Waals surface area contributed by atoms with Crippen LogP contribution in [0, 0.1) is 18.3 Å². The van der Waals surface area contributed by atoms with Crippen LogP contribution in [-0.2, 0) is 4.79 Å². The Morgan fingerprint density at radius 2 is 1.35 bits per heavy atom. The lowest BCUT2D eigenvalue weighted by Crippen LogP contribution is -2.13. The summed E-state index contributed by atoms with van der Waals surface area (Å²) in [6.07, 6.45) is 2.82. The number of nitrogens with zero attached hydrogens (tertiary/aromatic N) is 1. The summed E-state index contributed by atoms with van der Waals surface area (Å²) >= 11 is 15.6. The zero-order chi connectivity index (χ0) is 31.7. The highest BCUT2D eigenvalue weighted by Crippen LogP contribution is 2.28. The fourth-order valence-electron chi connectivity index (χ4n) is 3.87. The minimum Gasteiger partial charge on any atom is -0.329 e. The predicted octanol–water partition coefficient (Wildman–Crippen LogP) is 7.56. The van der Waals surface area contributed by atoms with Crippen molar-refractivity contribution in [2.24, 2.45) is 0 Å². The standard InChI is InChI=1S/C17H12BrClN2O2.C12H8ClN3O2.C2H6/c1-9-2-3-11(13(18)6-9)17(23)21-15-7-10-4-5-20-16(22)12(10)8-14(15)19;13-9-6-8-7(2-4-15-12(8)18)5-10(9)16-11(17)1-3-14;1-2/h2-8H,1H3,(H,20,22)(H,21,23);2,4-6H,1H2,(H,15,18)(H,16,17);1-2H3. The highest BCUT2D eigenvalue weighted by Gasteiger charge is 2.13. The van der Waals surface area contributed by atoms with E-state index in [1.165, 1.54) is 12.3 Å². The number of fused-ring (bicyclic) bond motifs is 2. The van der Waals surface area contributed by atoms with Crippen LogP contribution in [0.15, 0.2) is 81.1 Å². The average Bonchev–Trinajstić information content (AvgIpc) is 2.96. The van der Waals surface area contributed by atoms with Crippen molar-refractivity contribution in [1.29, 1.82) is 5.26 Å². The molecule has 5 aromatic rings. The number of benzene rings is 3. The van der Waals surface area contributed by atoms with E-state index in [2.05, 4.69) is 36.5 Å². The van der Waals surface area contributed by atoms with Crippen molar-refractivity contribution in [3.8, 4) is 6.07 Å². The summed E-state index contributed by atoms with van der Waals surface area (Å²) in [5, 5.41) is 16.6. The van der Waals surface area contributed by atoms with Gasteiger partial charge in [0.2, 0.25) is 5.91 Å². The fraction of sp³-hybridized carbons (Fsp3) is 0.129. The second-order valence-corrected chi connectivity index (χ2v) is 10.4. The first kappa shape index (κ1) is 33.1. The van der Waals surface area contributed by atoms with Crippen molar-refractivity contribution >= 4 is 83.9 Å². The number of nitriles is 1. The molecule has 0 fully saturated rings. The second kappa shape index (κ2) is 15.2. The molecule has 43 heavy (non-hydrogen) atoms. The van der Waals surface area contributed by atoms with Gasteiger partial charge in [-0.3, -0.25) is 19.2 Å². The van der Waals surface area contributed by atoms with Gasteiger partial charge in [0, 0.05) is 27.6 Å². The van der Waals surface area contributed by atoms with E-state index in [9.17, 15) is 19.2 Å². The van der Waals surface area contributed by atoms with E-state index in [1.54, 1.807) is 48.7 Å². The summed E-state index contributed by atoms with van der Waals surface area (Å²) in [7, 11) is 0. The molecule has 4 N–H and O–H groups in total. The number of amides is 2. The molecule has 0 saturated heterocycles. The van der Waals surface area contributed by atoms with Crippen LogP contribution in [0.3, 0.4) is 0 Å². The number of hydrogen-bond acceptors (Lipinski definition) is 5. The Labute approximate surface area is 265 Å². The number of carbonyl (C=O) groups excluding carboxylic acids is 2. The van der Waals surface area contributed by atoms with Gasteiger partial charge in [-0.1, -0.05) is 43.1 Å². The molecule has 9 nitrogen and oxygen atoms in total. The lowest BCUT2D eigenvalue weighted by molar-refractivity contribution is -0.115. The van der Waals surface area contributed by atoms with Crippen molar-refractivity contribution in [2.45, 2.75) is 27.2 Å². The number of halogens is 3. The number of aromatic amines is 2. The largest absolute Gasteiger partial charge is 0.329 e. The van der Waals surface area contributed by atoms with Gasteiger partial charge in [0.05, 0.1) is 33.1 Å². The van der Waals surface area contributed by atoms with Crippen molar-refractivity contribution in [3.63, 3.8) is 0 Å². The van der Waals surface area contributed by atoms with Gasteiger partial charge in [0.1, 0.15) is 6.42 Å². The zero-order valence-electron chi connectivity index (χ0n) is 23.3. The highest BCUT2D eigenvalue weighted by molar-refractivity contribution is 9.10. The van der Waals surface area contributed by atoms with Crippen LogP contribution < -0.4 is 21.8 Å². The molecule has 0 spiro atoms. The molecular formula is C31H26BrCl2N5O4. The summed E-state index contributed by atoms with van der Waals surface area (Å²) in [5.74, 6) is -0.716. The van der Waals surface area contributed by atoms with Gasteiger partial charge < -0.3 is 20.6 Å². The Balaban J connectivity index is 0.000000229. The van der Waals surface area contributed by atoms with Crippen LogP contribution in [0.25, 0.3) is 21.5 Å². The molecule has 2 amide bonds. The summed E-state index contributed by atoms with van der Waals surface area (Å²) in [4.78, 5) is 52.1. The molecule has 220 valence electrons. The van der Waals surface area contributed by atoms with E-state index in [4.69, 9.17) is 28.5 Å². The molecule has 0 unspecified atom stereocenters. The van der Waals surface area contributed by atoms with Crippen molar-refractivity contribution in [1.82, 2.24) is 9.97 Å². The quantitative estimate of drug-likeness (QED) is 0.154. The summed E-state index contributed by atoms with van der Waals surface area (Å²) in [6, 6.07) is 17.0. The average molecular weight is 683 g/mol. The Bertz CT molecular complexity index is 1980. The smallest absolute Gasteiger partial charge is 0.256 e. The molecule has 0 bridgehead atoms. The fourth-order valence-corrected chi connectivity index (χ4v) is 4.97. The first-order valence-corrected chi connectivity index (χ1v) is 14.5. The van der Waals surface area contributed by atoms with Gasteiger partial charge in [-0.15, -0.1) is 0 Å². The summed E-state index contributed by atoms with van der Waals surface area (Å²) in [5.41, 5.74) is 1.94. The Morgan fingerprint density at radius 3 is 1.84 bits per heavy atom. The van der Waals surface area contributed by atoms with E-state index in [1.807, 2.05) is 32.9 Å². The molecule has 0 radical (unpaired) electrons. The van der Waals surface area contributed by atoms with Gasteiger partial charge in [0.25, 0.3) is 17.0 Å². The molecule has 0 aliphatic heterocycles. The van der Waals surface area contributed by atoms with E-state index in [0.29, 0.717) is 48.0 Å². The van der Waals surface area contributed by atoms with Gasteiger partial charge in [-0.2, -0.15) is 5.26 Å². The highest BCUT2D eigenvalue weighted by atomic mass is 79.9. The van der Waals surface area contributed by atoms with Crippen molar-refractivity contribution < 1.29 is 9.59 Å². The summed E-state index contributed by atoms with van der Waals surface area (Å²) in [6.45, 7) is 5.95. The molecule has 2 aromatic heterocycles. The van der Waals surface area contributed by atoms with E-state index in [-0.39, 0.29) is 28.5 Å². The maximum Gasteiger partial charge on any atom is 0.256 e. The number of nitrogens with one attached hydrogen (secondary N) is 4. The molecular weight excluding hydrogens is 657 g/mol. The minimum atomic E-state index is -0.441. The number of aryl methyl sites for hydroxylation is 1. The molecule has 0 saturated carbocycles. The monoisotopic (exact) mass is 681 g/mol. The molecule has 12 heteroatoms. The van der Waals surface area contributed by atoms with Crippen LogP contribution in [0.4, 0.5) is 11.4 Å². The zero-order valence-corrected chi connectivity index (χ0v) is 26.4.